The van der Waals surface area contributed by atoms with Crippen LogP contribution in [0, 0.1) is 5.92 Å². The molecule has 0 saturated heterocycles. The number of aromatic nitrogens is 2. The molecule has 0 unspecified atom stereocenters. The molecule has 0 aliphatic rings. The zero-order valence-electron chi connectivity index (χ0n) is 7.50. The lowest BCUT2D eigenvalue weighted by molar-refractivity contribution is 0.125. The van der Waals surface area contributed by atoms with Crippen LogP contribution >= 0.6 is 0 Å². The van der Waals surface area contributed by atoms with Gasteiger partial charge in [0.1, 0.15) is 0 Å². The maximum Gasteiger partial charge on any atom is 0.325 e. The number of aliphatic hydroxyl groups is 1. The van der Waals surface area contributed by atoms with Crippen molar-refractivity contribution < 1.29 is 5.11 Å². The van der Waals surface area contributed by atoms with E-state index in [2.05, 4.69) is 4.98 Å². The Kier molecular flexibility index (Phi) is 2.67. The quantitative estimate of drug-likeness (QED) is 0.592. The van der Waals surface area contributed by atoms with E-state index in [1.54, 1.807) is 13.8 Å². The first-order valence-electron chi connectivity index (χ1n) is 4.02. The number of hydrogen-bond acceptors (Lipinski definition) is 3. The third-order valence-electron chi connectivity index (χ3n) is 1.80. The van der Waals surface area contributed by atoms with Crippen LogP contribution in [0.1, 0.15) is 25.5 Å². The lowest BCUT2D eigenvalue weighted by Gasteiger charge is -2.12. The predicted octanol–water partition coefficient (Wildman–Crippen LogP) is -0.247. The molecule has 0 fully saturated rings. The summed E-state index contributed by atoms with van der Waals surface area (Å²) in [4.78, 5) is 26.1. The zero-order valence-corrected chi connectivity index (χ0v) is 7.50. The third kappa shape index (κ3) is 2.06. The monoisotopic (exact) mass is 184 g/mol. The van der Waals surface area contributed by atoms with Crippen LogP contribution in [0.5, 0.6) is 0 Å². The average molecular weight is 184 g/mol. The molecule has 0 spiro atoms. The molecule has 0 aliphatic heterocycles. The minimum absolute atomic E-state index is 0.0630. The van der Waals surface area contributed by atoms with Gasteiger partial charge in [-0.15, -0.1) is 0 Å². The highest BCUT2D eigenvalue weighted by Crippen LogP contribution is 2.15. The molecule has 0 saturated carbocycles. The molecule has 13 heavy (non-hydrogen) atoms. The molecule has 5 heteroatoms. The van der Waals surface area contributed by atoms with Gasteiger partial charge in [0.15, 0.2) is 0 Å². The van der Waals surface area contributed by atoms with E-state index in [-0.39, 0.29) is 11.5 Å². The smallest absolute Gasteiger partial charge is 0.325 e. The van der Waals surface area contributed by atoms with Crippen molar-refractivity contribution in [3.63, 3.8) is 0 Å². The summed E-state index contributed by atoms with van der Waals surface area (Å²) in [6, 6.07) is 0. The molecule has 1 heterocycles. The van der Waals surface area contributed by atoms with Gasteiger partial charge in [-0.3, -0.25) is 9.78 Å². The van der Waals surface area contributed by atoms with Gasteiger partial charge in [-0.25, -0.2) is 4.79 Å². The second-order valence-electron chi connectivity index (χ2n) is 3.22. The van der Waals surface area contributed by atoms with E-state index < -0.39 is 17.4 Å². The Morgan fingerprint density at radius 1 is 1.38 bits per heavy atom. The average Bonchev–Trinajstić information content (AvgIpc) is 2.03. The molecular weight excluding hydrogens is 172 g/mol. The Bertz CT molecular complexity index is 391. The van der Waals surface area contributed by atoms with Gasteiger partial charge in [0.05, 0.1) is 11.7 Å². The van der Waals surface area contributed by atoms with Crippen molar-refractivity contribution in [2.75, 3.05) is 0 Å². The Balaban J connectivity index is 3.17. The van der Waals surface area contributed by atoms with E-state index in [0.29, 0.717) is 0 Å². The molecule has 1 aromatic heterocycles. The number of aromatic amines is 2. The normalized spacial score (nSPS) is 13.2. The first kappa shape index (κ1) is 9.73. The molecule has 0 aromatic carbocycles. The number of aliphatic hydroxyl groups excluding tert-OH is 1. The maximum atomic E-state index is 11.2. The van der Waals surface area contributed by atoms with Crippen molar-refractivity contribution in [2.45, 2.75) is 20.0 Å². The molecule has 1 aromatic rings. The molecule has 3 N–H and O–H groups in total. The van der Waals surface area contributed by atoms with Gasteiger partial charge in [0.25, 0.3) is 5.56 Å². The summed E-state index contributed by atoms with van der Waals surface area (Å²) in [7, 11) is 0. The SMILES string of the molecule is CC(C)[C@@H](O)c1c[nH]c(=O)[nH]c1=O. The Morgan fingerprint density at radius 2 is 2.00 bits per heavy atom. The number of nitrogens with one attached hydrogen (secondary N) is 2. The lowest BCUT2D eigenvalue weighted by atomic mass is 10.0. The molecule has 0 radical (unpaired) electrons. The van der Waals surface area contributed by atoms with Crippen LogP contribution in [0.2, 0.25) is 0 Å². The molecule has 0 bridgehead atoms. The van der Waals surface area contributed by atoms with Gasteiger partial charge in [-0.05, 0) is 5.92 Å². The fourth-order valence-corrected chi connectivity index (χ4v) is 0.999. The van der Waals surface area contributed by atoms with Crippen LogP contribution in [0.25, 0.3) is 0 Å². The van der Waals surface area contributed by atoms with E-state index in [9.17, 15) is 14.7 Å². The first-order chi connectivity index (χ1) is 6.02. The van der Waals surface area contributed by atoms with Gasteiger partial charge in [0, 0.05) is 6.20 Å². The van der Waals surface area contributed by atoms with Crippen molar-refractivity contribution in [1.82, 2.24) is 9.97 Å². The van der Waals surface area contributed by atoms with Crippen LogP contribution in [-0.2, 0) is 0 Å². The number of rotatable bonds is 2. The van der Waals surface area contributed by atoms with Crippen LogP contribution in [0.15, 0.2) is 15.8 Å². The molecule has 1 atom stereocenters. The van der Waals surface area contributed by atoms with Gasteiger partial charge >= 0.3 is 5.69 Å². The second-order valence-corrected chi connectivity index (χ2v) is 3.22. The summed E-state index contributed by atoms with van der Waals surface area (Å²) < 4.78 is 0. The highest BCUT2D eigenvalue weighted by Gasteiger charge is 2.15. The van der Waals surface area contributed by atoms with E-state index in [4.69, 9.17) is 0 Å². The van der Waals surface area contributed by atoms with Crippen LogP contribution in [0.3, 0.4) is 0 Å². The van der Waals surface area contributed by atoms with Gasteiger partial charge in [0.2, 0.25) is 0 Å². The number of H-pyrrole nitrogens is 2. The van der Waals surface area contributed by atoms with Crippen LogP contribution in [0.4, 0.5) is 0 Å². The molecule has 1 rings (SSSR count). The highest BCUT2D eigenvalue weighted by molar-refractivity contribution is 5.07. The fourth-order valence-electron chi connectivity index (χ4n) is 0.999. The molecule has 72 valence electrons. The largest absolute Gasteiger partial charge is 0.388 e. The van der Waals surface area contributed by atoms with Gasteiger partial charge in [-0.2, -0.15) is 0 Å². The minimum atomic E-state index is -0.847. The summed E-state index contributed by atoms with van der Waals surface area (Å²) in [6.45, 7) is 3.57. The second kappa shape index (κ2) is 3.57. The van der Waals surface area contributed by atoms with Crippen molar-refractivity contribution in [2.24, 2.45) is 5.92 Å². The van der Waals surface area contributed by atoms with Crippen molar-refractivity contribution in [1.29, 1.82) is 0 Å². The molecule has 0 aliphatic carbocycles. The Morgan fingerprint density at radius 3 is 2.46 bits per heavy atom. The van der Waals surface area contributed by atoms with Crippen molar-refractivity contribution >= 4 is 0 Å². The molecular formula is C8H12N2O3. The standard InChI is InChI=1S/C8H12N2O3/c1-4(2)6(11)5-3-9-8(13)10-7(5)12/h3-4,6,11H,1-2H3,(H2,9,10,12,13)/t6-/m1/s1. The van der Waals surface area contributed by atoms with Crippen LogP contribution in [-0.4, -0.2) is 15.1 Å². The zero-order chi connectivity index (χ0) is 10.0. The third-order valence-corrected chi connectivity index (χ3v) is 1.80. The van der Waals surface area contributed by atoms with E-state index >= 15 is 0 Å². The summed E-state index contributed by atoms with van der Waals surface area (Å²) >= 11 is 0. The Labute approximate surface area is 74.4 Å². The summed E-state index contributed by atoms with van der Waals surface area (Å²) in [6.07, 6.45) is 0.395. The van der Waals surface area contributed by atoms with E-state index in [1.165, 1.54) is 6.20 Å². The van der Waals surface area contributed by atoms with Crippen molar-refractivity contribution in [3.05, 3.63) is 32.6 Å². The predicted molar refractivity (Wildman–Crippen MR) is 47.5 cm³/mol. The topological polar surface area (TPSA) is 85.9 Å². The maximum absolute atomic E-state index is 11.2. The van der Waals surface area contributed by atoms with E-state index in [0.717, 1.165) is 0 Å². The lowest BCUT2D eigenvalue weighted by Crippen LogP contribution is -2.27. The highest BCUT2D eigenvalue weighted by atomic mass is 16.3. The number of hydrogen-bond donors (Lipinski definition) is 3. The summed E-state index contributed by atoms with van der Waals surface area (Å²) in [5.41, 5.74) is -0.913. The van der Waals surface area contributed by atoms with Crippen LogP contribution < -0.4 is 11.2 Å². The molecule has 5 nitrogen and oxygen atoms in total. The van der Waals surface area contributed by atoms with Gasteiger partial charge < -0.3 is 10.1 Å². The summed E-state index contributed by atoms with van der Waals surface area (Å²) in [5, 5.41) is 9.53. The Hall–Kier alpha value is -1.36. The minimum Gasteiger partial charge on any atom is -0.388 e. The van der Waals surface area contributed by atoms with Crippen molar-refractivity contribution in [3.8, 4) is 0 Å². The molecule has 0 amide bonds. The summed E-state index contributed by atoms with van der Waals surface area (Å²) in [5.74, 6) is -0.0630. The van der Waals surface area contributed by atoms with E-state index in [1.807, 2.05) is 4.98 Å². The first-order valence-corrected chi connectivity index (χ1v) is 4.02. The van der Waals surface area contributed by atoms with Gasteiger partial charge in [-0.1, -0.05) is 13.8 Å². The fraction of sp³-hybridized carbons (Fsp3) is 0.500.